The summed E-state index contributed by atoms with van der Waals surface area (Å²) in [5, 5.41) is 3.46. The third-order valence-corrected chi connectivity index (χ3v) is 6.74. The number of aromatic nitrogens is 1. The topological polar surface area (TPSA) is 85.1 Å². The number of nitrogens with one attached hydrogen (secondary N) is 1. The molecule has 0 unspecified atom stereocenters. The zero-order valence-electron chi connectivity index (χ0n) is 11.5. The molecule has 1 fully saturated rings. The summed E-state index contributed by atoms with van der Waals surface area (Å²) >= 11 is 1.12. The summed E-state index contributed by atoms with van der Waals surface area (Å²) in [4.78, 5) is 0.197. The van der Waals surface area contributed by atoms with E-state index in [1.54, 1.807) is 0 Å². The van der Waals surface area contributed by atoms with E-state index < -0.39 is 9.84 Å². The van der Waals surface area contributed by atoms with Gasteiger partial charge in [0.15, 0.2) is 15.7 Å². The van der Waals surface area contributed by atoms with Gasteiger partial charge in [0.05, 0.1) is 5.25 Å². The van der Waals surface area contributed by atoms with Gasteiger partial charge in [0.1, 0.15) is 9.90 Å². The Balaban J connectivity index is 1.72. The molecule has 5 nitrogen and oxygen atoms in total. The number of nitrogen functional groups attached to an aromatic ring is 1. The maximum atomic E-state index is 12.4. The van der Waals surface area contributed by atoms with Gasteiger partial charge in [-0.2, -0.15) is 4.37 Å². The fraction of sp³-hybridized carbons (Fsp3) is 0.357. The molecule has 3 N–H and O–H groups in total. The molecule has 0 aliphatic heterocycles. The fourth-order valence-corrected chi connectivity index (χ4v) is 5.10. The Labute approximate surface area is 128 Å². The van der Waals surface area contributed by atoms with Gasteiger partial charge >= 0.3 is 0 Å². The van der Waals surface area contributed by atoms with Gasteiger partial charge in [-0.15, -0.1) is 0 Å². The molecule has 0 radical (unpaired) electrons. The summed E-state index contributed by atoms with van der Waals surface area (Å²) in [6.45, 7) is 0.652. The average molecular weight is 323 g/mol. The zero-order chi connectivity index (χ0) is 14.9. The van der Waals surface area contributed by atoms with Crippen LogP contribution in [-0.4, -0.2) is 24.6 Å². The average Bonchev–Trinajstić information content (AvgIpc) is 3.25. The van der Waals surface area contributed by atoms with E-state index in [0.717, 1.165) is 30.8 Å². The first-order chi connectivity index (χ1) is 10.1. The summed E-state index contributed by atoms with van der Waals surface area (Å²) in [5.74, 6) is 0.120. The van der Waals surface area contributed by atoms with E-state index in [-0.39, 0.29) is 16.0 Å². The van der Waals surface area contributed by atoms with Crippen LogP contribution in [0.5, 0.6) is 0 Å². The van der Waals surface area contributed by atoms with Gasteiger partial charge in [-0.05, 0) is 36.4 Å². The summed E-state index contributed by atoms with van der Waals surface area (Å²) in [5.41, 5.74) is 6.96. The van der Waals surface area contributed by atoms with Gasteiger partial charge in [0.2, 0.25) is 0 Å². The Hall–Kier alpha value is -1.60. The number of anilines is 2. The maximum absolute atomic E-state index is 12.4. The van der Waals surface area contributed by atoms with Crippen molar-refractivity contribution >= 4 is 32.2 Å². The van der Waals surface area contributed by atoms with Crippen molar-refractivity contribution in [3.63, 3.8) is 0 Å². The van der Waals surface area contributed by atoms with Crippen LogP contribution in [0.3, 0.4) is 0 Å². The highest BCUT2D eigenvalue weighted by atomic mass is 32.2. The minimum Gasteiger partial charge on any atom is -0.382 e. The molecule has 21 heavy (non-hydrogen) atoms. The molecule has 1 saturated carbocycles. The summed E-state index contributed by atoms with van der Waals surface area (Å²) < 4.78 is 28.8. The number of hydrogen-bond donors (Lipinski definition) is 2. The minimum atomic E-state index is -3.32. The highest BCUT2D eigenvalue weighted by Gasteiger charge is 2.40. The molecule has 1 aromatic heterocycles. The van der Waals surface area contributed by atoms with E-state index in [1.807, 2.05) is 30.3 Å². The summed E-state index contributed by atoms with van der Waals surface area (Å²) in [6.07, 6.45) is 2.27. The third kappa shape index (κ3) is 3.03. The van der Waals surface area contributed by atoms with Gasteiger partial charge in [0, 0.05) is 6.54 Å². The normalized spacial score (nSPS) is 15.0. The Bertz CT molecular complexity index is 722. The Kier molecular flexibility index (Phi) is 3.86. The number of nitrogens with zero attached hydrogens (tertiary/aromatic N) is 1. The molecule has 7 heteroatoms. The zero-order valence-corrected chi connectivity index (χ0v) is 13.1. The van der Waals surface area contributed by atoms with Gasteiger partial charge in [-0.3, -0.25) is 0 Å². The molecule has 1 aliphatic rings. The lowest BCUT2D eigenvalue weighted by Gasteiger charge is -2.07. The van der Waals surface area contributed by atoms with Crippen LogP contribution in [0.2, 0.25) is 0 Å². The molecule has 1 aliphatic carbocycles. The van der Waals surface area contributed by atoms with E-state index in [2.05, 4.69) is 9.69 Å². The van der Waals surface area contributed by atoms with Crippen LogP contribution in [0.1, 0.15) is 18.4 Å². The van der Waals surface area contributed by atoms with Gasteiger partial charge in [-0.1, -0.05) is 30.3 Å². The molecule has 1 heterocycles. The van der Waals surface area contributed by atoms with Crippen molar-refractivity contribution in [1.82, 2.24) is 4.37 Å². The van der Waals surface area contributed by atoms with E-state index in [4.69, 9.17) is 5.73 Å². The minimum absolute atomic E-state index is 0.120. The second-order valence-electron chi connectivity index (χ2n) is 5.13. The van der Waals surface area contributed by atoms with E-state index in [9.17, 15) is 8.42 Å². The number of hydrogen-bond acceptors (Lipinski definition) is 6. The lowest BCUT2D eigenvalue weighted by Crippen LogP contribution is -2.12. The molecule has 2 aromatic rings. The van der Waals surface area contributed by atoms with Crippen molar-refractivity contribution in [2.75, 3.05) is 17.6 Å². The fourth-order valence-electron chi connectivity index (χ4n) is 2.19. The summed E-state index contributed by atoms with van der Waals surface area (Å²) in [7, 11) is -3.32. The van der Waals surface area contributed by atoms with Crippen molar-refractivity contribution in [3.05, 3.63) is 35.9 Å². The molecule has 3 rings (SSSR count). The monoisotopic (exact) mass is 323 g/mol. The Morgan fingerprint density at radius 3 is 2.67 bits per heavy atom. The van der Waals surface area contributed by atoms with Crippen molar-refractivity contribution in [1.29, 1.82) is 0 Å². The van der Waals surface area contributed by atoms with Crippen LogP contribution in [0.25, 0.3) is 0 Å². The van der Waals surface area contributed by atoms with Crippen LogP contribution in [0.4, 0.5) is 10.8 Å². The van der Waals surface area contributed by atoms with Gasteiger partial charge < -0.3 is 11.1 Å². The van der Waals surface area contributed by atoms with E-state index in [0.29, 0.717) is 11.5 Å². The summed E-state index contributed by atoms with van der Waals surface area (Å²) in [6, 6.07) is 10.0. The van der Waals surface area contributed by atoms with Crippen LogP contribution < -0.4 is 11.1 Å². The Morgan fingerprint density at radius 1 is 1.29 bits per heavy atom. The van der Waals surface area contributed by atoms with Crippen molar-refractivity contribution < 1.29 is 8.42 Å². The van der Waals surface area contributed by atoms with Crippen molar-refractivity contribution in [2.45, 2.75) is 29.4 Å². The highest BCUT2D eigenvalue weighted by Crippen LogP contribution is 2.40. The molecule has 0 amide bonds. The molecule has 0 spiro atoms. The molecule has 112 valence electrons. The number of sulfone groups is 1. The first kappa shape index (κ1) is 14.3. The second-order valence-corrected chi connectivity index (χ2v) is 8.07. The van der Waals surface area contributed by atoms with Crippen LogP contribution in [0, 0.1) is 0 Å². The number of benzene rings is 1. The maximum Gasteiger partial charge on any atom is 0.187 e. The van der Waals surface area contributed by atoms with Gasteiger partial charge in [0.25, 0.3) is 0 Å². The quantitative estimate of drug-likeness (QED) is 0.852. The standard InChI is InChI=1S/C14H17N3O2S2/c15-13-12(21(18,19)11-6-7-11)14(20-17-13)16-9-8-10-4-2-1-3-5-10/h1-5,11,16H,6-9H2,(H2,15,17). The number of rotatable bonds is 6. The van der Waals surface area contributed by atoms with E-state index in [1.165, 1.54) is 5.56 Å². The molecule has 0 atom stereocenters. The second kappa shape index (κ2) is 5.65. The van der Waals surface area contributed by atoms with Crippen LogP contribution in [-0.2, 0) is 16.3 Å². The predicted octanol–water partition coefficient (Wildman–Crippen LogP) is 2.32. The SMILES string of the molecule is Nc1nsc(NCCc2ccccc2)c1S(=O)(=O)C1CC1. The molecular weight excluding hydrogens is 306 g/mol. The molecule has 1 aromatic carbocycles. The largest absolute Gasteiger partial charge is 0.382 e. The molecule has 0 saturated heterocycles. The first-order valence-electron chi connectivity index (χ1n) is 6.86. The Morgan fingerprint density at radius 2 is 2.00 bits per heavy atom. The van der Waals surface area contributed by atoms with Crippen LogP contribution >= 0.6 is 11.5 Å². The molecule has 0 bridgehead atoms. The lowest BCUT2D eigenvalue weighted by molar-refractivity contribution is 0.595. The lowest BCUT2D eigenvalue weighted by atomic mass is 10.1. The predicted molar refractivity (Wildman–Crippen MR) is 85.4 cm³/mol. The van der Waals surface area contributed by atoms with E-state index >= 15 is 0 Å². The van der Waals surface area contributed by atoms with Gasteiger partial charge in [-0.25, -0.2) is 8.42 Å². The van der Waals surface area contributed by atoms with Crippen molar-refractivity contribution in [2.24, 2.45) is 0 Å². The van der Waals surface area contributed by atoms with Crippen molar-refractivity contribution in [3.8, 4) is 0 Å². The molecular formula is C14H17N3O2S2. The van der Waals surface area contributed by atoms with Crippen LogP contribution in [0.15, 0.2) is 35.2 Å². The third-order valence-electron chi connectivity index (χ3n) is 3.46. The first-order valence-corrected chi connectivity index (χ1v) is 9.18. The number of nitrogens with two attached hydrogens (primary N) is 1. The highest BCUT2D eigenvalue weighted by molar-refractivity contribution is 7.92. The smallest absolute Gasteiger partial charge is 0.187 e.